The van der Waals surface area contributed by atoms with Gasteiger partial charge >= 0.3 is 0 Å². The molecule has 0 aromatic heterocycles. The summed E-state index contributed by atoms with van der Waals surface area (Å²) < 4.78 is 42.0. The van der Waals surface area contributed by atoms with E-state index in [-0.39, 0.29) is 16.7 Å². The van der Waals surface area contributed by atoms with Gasteiger partial charge in [-0.3, -0.25) is 0 Å². The summed E-state index contributed by atoms with van der Waals surface area (Å²) in [6.07, 6.45) is 0.796. The van der Waals surface area contributed by atoms with Gasteiger partial charge in [0.05, 0.1) is 23.5 Å². The van der Waals surface area contributed by atoms with Crippen LogP contribution in [0.2, 0.25) is 5.02 Å². The van der Waals surface area contributed by atoms with Crippen molar-refractivity contribution in [2.24, 2.45) is 5.92 Å². The Morgan fingerprint density at radius 2 is 2.25 bits per heavy atom. The van der Waals surface area contributed by atoms with Crippen LogP contribution in [0.25, 0.3) is 0 Å². The van der Waals surface area contributed by atoms with Crippen LogP contribution in [-0.4, -0.2) is 40.1 Å². The molecule has 1 aliphatic heterocycles. The molecule has 1 heterocycles. The van der Waals surface area contributed by atoms with Crippen LogP contribution in [0.3, 0.4) is 0 Å². The first-order valence-corrected chi connectivity index (χ1v) is 8.75. The molecule has 1 aliphatic rings. The van der Waals surface area contributed by atoms with Crippen molar-refractivity contribution >= 4 is 21.4 Å². The van der Waals surface area contributed by atoms with Crippen molar-refractivity contribution in [1.29, 1.82) is 0 Å². The highest BCUT2D eigenvalue weighted by Gasteiger charge is 2.29. The van der Waals surface area contributed by atoms with Crippen LogP contribution >= 0.6 is 11.6 Å². The molecule has 4 nitrogen and oxygen atoms in total. The van der Waals surface area contributed by atoms with Gasteiger partial charge in [-0.05, 0) is 17.7 Å². The molecule has 1 N–H and O–H groups in total. The molecule has 1 fully saturated rings. The summed E-state index contributed by atoms with van der Waals surface area (Å²) in [5.41, 5.74) is 0.703. The highest BCUT2D eigenvalue weighted by molar-refractivity contribution is 7.90. The van der Waals surface area contributed by atoms with E-state index in [1.807, 2.05) is 0 Å². The van der Waals surface area contributed by atoms with Gasteiger partial charge in [-0.25, -0.2) is 12.8 Å². The predicted octanol–water partition coefficient (Wildman–Crippen LogP) is 1.80. The zero-order valence-corrected chi connectivity index (χ0v) is 12.7. The number of nitrogens with one attached hydrogen (secondary N) is 1. The van der Waals surface area contributed by atoms with Gasteiger partial charge in [0.25, 0.3) is 0 Å². The van der Waals surface area contributed by atoms with Gasteiger partial charge in [0.1, 0.15) is 15.7 Å². The van der Waals surface area contributed by atoms with Crippen LogP contribution in [-0.2, 0) is 14.6 Å². The molecule has 2 atom stereocenters. The van der Waals surface area contributed by atoms with Gasteiger partial charge in [0, 0.05) is 25.3 Å². The maximum Gasteiger partial charge on any atom is 0.147 e. The smallest absolute Gasteiger partial charge is 0.147 e. The van der Waals surface area contributed by atoms with Crippen molar-refractivity contribution in [3.8, 4) is 0 Å². The highest BCUT2D eigenvalue weighted by Crippen LogP contribution is 2.30. The molecule has 0 aliphatic carbocycles. The summed E-state index contributed by atoms with van der Waals surface area (Å²) in [5, 5.41) is 3.16. The van der Waals surface area contributed by atoms with Gasteiger partial charge < -0.3 is 10.1 Å². The van der Waals surface area contributed by atoms with E-state index in [0.717, 1.165) is 0 Å². The monoisotopic (exact) mass is 321 g/mol. The fourth-order valence-electron chi connectivity index (χ4n) is 2.38. The zero-order valence-electron chi connectivity index (χ0n) is 11.1. The largest absolute Gasteiger partial charge is 0.372 e. The maximum absolute atomic E-state index is 13.2. The molecule has 0 bridgehead atoms. The fourth-order valence-corrected chi connectivity index (χ4v) is 3.64. The normalized spacial score (nSPS) is 24.4. The van der Waals surface area contributed by atoms with Crippen molar-refractivity contribution in [2.75, 3.05) is 31.7 Å². The number of ether oxygens (including phenoxy) is 1. The molecular weight excluding hydrogens is 305 g/mol. The number of sulfone groups is 1. The standard InChI is InChI=1S/C13H17ClFNO3S/c1-20(17,18)8-10-7-16-4-5-19-13(10)9-2-3-12(15)11(14)6-9/h2-3,6,10,13,16H,4-5,7-8H2,1H3. The molecule has 1 aromatic rings. The van der Waals surface area contributed by atoms with Crippen molar-refractivity contribution in [3.63, 3.8) is 0 Å². The average Bonchev–Trinajstić information content (AvgIpc) is 2.56. The fraction of sp³-hybridized carbons (Fsp3) is 0.538. The van der Waals surface area contributed by atoms with E-state index in [2.05, 4.69) is 5.32 Å². The van der Waals surface area contributed by atoms with Gasteiger partial charge in [-0.15, -0.1) is 0 Å². The molecule has 20 heavy (non-hydrogen) atoms. The van der Waals surface area contributed by atoms with Gasteiger partial charge in [-0.2, -0.15) is 0 Å². The first kappa shape index (κ1) is 15.7. The molecule has 7 heteroatoms. The van der Waals surface area contributed by atoms with Crippen LogP contribution in [0.5, 0.6) is 0 Å². The van der Waals surface area contributed by atoms with Crippen molar-refractivity contribution < 1.29 is 17.5 Å². The Morgan fingerprint density at radius 1 is 1.50 bits per heavy atom. The molecule has 1 saturated heterocycles. The lowest BCUT2D eigenvalue weighted by molar-refractivity contribution is 0.0369. The second-order valence-corrected chi connectivity index (χ2v) is 7.61. The van der Waals surface area contributed by atoms with Gasteiger partial charge in [0.15, 0.2) is 0 Å². The minimum absolute atomic E-state index is 0.0136. The first-order chi connectivity index (χ1) is 9.37. The van der Waals surface area contributed by atoms with Crippen molar-refractivity contribution in [2.45, 2.75) is 6.10 Å². The van der Waals surface area contributed by atoms with Crippen LogP contribution in [0.4, 0.5) is 4.39 Å². The minimum atomic E-state index is -3.13. The van der Waals surface area contributed by atoms with Crippen LogP contribution in [0, 0.1) is 11.7 Å². The molecule has 2 unspecified atom stereocenters. The quantitative estimate of drug-likeness (QED) is 0.922. The zero-order chi connectivity index (χ0) is 14.8. The summed E-state index contributed by atoms with van der Waals surface area (Å²) in [6, 6.07) is 4.37. The lowest BCUT2D eigenvalue weighted by Crippen LogP contribution is -2.30. The van der Waals surface area contributed by atoms with Crippen LogP contribution < -0.4 is 5.32 Å². The summed E-state index contributed by atoms with van der Waals surface area (Å²) in [6.45, 7) is 1.67. The number of halogens is 2. The van der Waals surface area contributed by atoms with E-state index in [0.29, 0.717) is 25.3 Å². The Hall–Kier alpha value is -0.690. The Kier molecular flexibility index (Phi) is 5.01. The Morgan fingerprint density at radius 3 is 2.90 bits per heavy atom. The second kappa shape index (κ2) is 6.39. The molecule has 0 spiro atoms. The van der Waals surface area contributed by atoms with E-state index in [9.17, 15) is 12.8 Å². The molecule has 2 rings (SSSR count). The SMILES string of the molecule is CS(=O)(=O)CC1CNCCOC1c1ccc(F)c(Cl)c1. The van der Waals surface area contributed by atoms with E-state index in [1.54, 1.807) is 6.07 Å². The first-order valence-electron chi connectivity index (χ1n) is 6.32. The molecule has 0 radical (unpaired) electrons. The third-order valence-electron chi connectivity index (χ3n) is 3.20. The lowest BCUT2D eigenvalue weighted by atomic mass is 9.97. The van der Waals surface area contributed by atoms with Crippen LogP contribution in [0.1, 0.15) is 11.7 Å². The minimum Gasteiger partial charge on any atom is -0.372 e. The van der Waals surface area contributed by atoms with Crippen molar-refractivity contribution in [3.05, 3.63) is 34.6 Å². The van der Waals surface area contributed by atoms with E-state index >= 15 is 0 Å². The van der Waals surface area contributed by atoms with Crippen molar-refractivity contribution in [1.82, 2.24) is 5.32 Å². The summed E-state index contributed by atoms with van der Waals surface area (Å²) in [5.74, 6) is -0.713. The number of benzene rings is 1. The number of hydrogen-bond acceptors (Lipinski definition) is 4. The van der Waals surface area contributed by atoms with E-state index in [1.165, 1.54) is 18.4 Å². The topological polar surface area (TPSA) is 55.4 Å². The summed E-state index contributed by atoms with van der Waals surface area (Å²) in [4.78, 5) is 0. The molecule has 0 amide bonds. The van der Waals surface area contributed by atoms with Gasteiger partial charge in [0.2, 0.25) is 0 Å². The summed E-state index contributed by atoms with van der Waals surface area (Å²) in [7, 11) is -3.13. The highest BCUT2D eigenvalue weighted by atomic mass is 35.5. The predicted molar refractivity (Wildman–Crippen MR) is 76.2 cm³/mol. The average molecular weight is 322 g/mol. The maximum atomic E-state index is 13.2. The van der Waals surface area contributed by atoms with Gasteiger partial charge in [-0.1, -0.05) is 17.7 Å². The third-order valence-corrected chi connectivity index (χ3v) is 4.52. The number of hydrogen-bond donors (Lipinski definition) is 1. The van der Waals surface area contributed by atoms with Crippen LogP contribution in [0.15, 0.2) is 18.2 Å². The molecule has 112 valence electrons. The van der Waals surface area contributed by atoms with E-state index in [4.69, 9.17) is 16.3 Å². The Balaban J connectivity index is 2.29. The summed E-state index contributed by atoms with van der Waals surface area (Å²) >= 11 is 5.79. The lowest BCUT2D eigenvalue weighted by Gasteiger charge is -2.24. The van der Waals surface area contributed by atoms with E-state index < -0.39 is 21.8 Å². The molecule has 0 saturated carbocycles. The number of rotatable bonds is 3. The Labute approximate surface area is 123 Å². The molecular formula is C13H17ClFNO3S. The second-order valence-electron chi connectivity index (χ2n) is 5.02. The Bertz CT molecular complexity index is 579. The molecule has 1 aromatic carbocycles. The third kappa shape index (κ3) is 4.15.